The fourth-order valence-corrected chi connectivity index (χ4v) is 3.70. The maximum absolute atomic E-state index is 13.1. The van der Waals surface area contributed by atoms with Gasteiger partial charge in [0, 0.05) is 5.66 Å². The van der Waals surface area contributed by atoms with Gasteiger partial charge in [0.15, 0.2) is 0 Å². The molecule has 0 radical (unpaired) electrons. The summed E-state index contributed by atoms with van der Waals surface area (Å²) in [6.45, 7) is 2.17. The van der Waals surface area contributed by atoms with Gasteiger partial charge < -0.3 is 23.4 Å². The molecule has 1 aliphatic carbocycles. The van der Waals surface area contributed by atoms with Gasteiger partial charge in [0.1, 0.15) is 6.17 Å². The molecule has 0 aliphatic heterocycles. The van der Waals surface area contributed by atoms with E-state index in [9.17, 15) is 4.39 Å². The molecular formula is C13H31FN3PTi. The second-order valence-corrected chi connectivity index (χ2v) is 6.58. The van der Waals surface area contributed by atoms with Crippen LogP contribution < -0.4 is 0 Å². The Morgan fingerprint density at radius 2 is 1.47 bits per heavy atom. The van der Waals surface area contributed by atoms with E-state index in [1.54, 1.807) is 28.2 Å². The molecule has 0 aromatic rings. The third kappa shape index (κ3) is 16.9. The number of alkyl halides is 1. The van der Waals surface area contributed by atoms with Crippen LogP contribution in [0.5, 0.6) is 0 Å². The molecule has 3 atom stereocenters. The molecular weight excluding hydrogens is 296 g/mol. The summed E-state index contributed by atoms with van der Waals surface area (Å²) in [6.07, 6.45) is 3.34. The molecule has 6 heteroatoms. The molecule has 3 unspecified atom stereocenters. The van der Waals surface area contributed by atoms with Gasteiger partial charge in [0.05, 0.1) is 0 Å². The Labute approximate surface area is 136 Å². The first-order chi connectivity index (χ1) is 8.08. The largest absolute Gasteiger partial charge is 4.00 e. The van der Waals surface area contributed by atoms with Gasteiger partial charge in [-0.3, -0.25) is 0 Å². The molecule has 1 saturated carbocycles. The smallest absolute Gasteiger partial charge is 0.668 e. The van der Waals surface area contributed by atoms with Crippen LogP contribution >= 0.6 is 7.92 Å². The predicted octanol–water partition coefficient (Wildman–Crippen LogP) is 4.64. The molecule has 1 fully saturated rings. The van der Waals surface area contributed by atoms with Gasteiger partial charge in [-0.05, 0) is 25.9 Å². The van der Waals surface area contributed by atoms with Gasteiger partial charge in [-0.1, -0.05) is 0 Å². The van der Waals surface area contributed by atoms with Crippen molar-refractivity contribution >= 4 is 7.92 Å². The van der Waals surface area contributed by atoms with Crippen LogP contribution in [-0.4, -0.2) is 60.0 Å². The van der Waals surface area contributed by atoms with Crippen LogP contribution in [0.1, 0.15) is 19.3 Å². The Balaban J connectivity index is -0.000000122. The van der Waals surface area contributed by atoms with E-state index in [1.165, 1.54) is 0 Å². The molecule has 0 N–H and O–H groups in total. The maximum Gasteiger partial charge on any atom is 4.00 e. The summed E-state index contributed by atoms with van der Waals surface area (Å²) in [6, 6.07) is 0. The maximum atomic E-state index is 13.1. The first kappa shape index (κ1) is 28.2. The van der Waals surface area contributed by atoms with Crippen molar-refractivity contribution in [3.8, 4) is 0 Å². The fraction of sp³-hybridized carbons (Fsp3) is 0.923. The van der Waals surface area contributed by atoms with Gasteiger partial charge >= 0.3 is 21.7 Å². The second kappa shape index (κ2) is 21.3. The minimum Gasteiger partial charge on any atom is -0.668 e. The summed E-state index contributed by atoms with van der Waals surface area (Å²) in [5.74, 6) is 0. The number of hydrogen-bond acceptors (Lipinski definition) is 0. The van der Waals surface area contributed by atoms with E-state index in [0.717, 1.165) is 25.5 Å². The van der Waals surface area contributed by atoms with Crippen LogP contribution in [0.3, 0.4) is 0 Å². The molecule has 0 bridgehead atoms. The Morgan fingerprint density at radius 3 is 1.74 bits per heavy atom. The summed E-state index contributed by atoms with van der Waals surface area (Å²) in [7, 11) is 8.66. The van der Waals surface area contributed by atoms with E-state index in [2.05, 4.69) is 22.6 Å². The van der Waals surface area contributed by atoms with Gasteiger partial charge in [0.25, 0.3) is 0 Å². The molecule has 1 rings (SSSR count). The third-order valence-electron chi connectivity index (χ3n) is 2.33. The fourth-order valence-electron chi connectivity index (χ4n) is 1.72. The summed E-state index contributed by atoms with van der Waals surface area (Å²) in [4.78, 5) is 0. The number of halogens is 1. The molecule has 0 heterocycles. The second-order valence-electron chi connectivity index (χ2n) is 4.12. The third-order valence-corrected chi connectivity index (χ3v) is 4.77. The summed E-state index contributed by atoms with van der Waals surface area (Å²) < 4.78 is 13.1. The van der Waals surface area contributed by atoms with Crippen LogP contribution in [0.15, 0.2) is 0 Å². The van der Waals surface area contributed by atoms with Gasteiger partial charge in [-0.2, -0.15) is 35.2 Å². The first-order valence-electron chi connectivity index (χ1n) is 5.94. The first-order valence-corrected chi connectivity index (χ1v) is 7.99. The SMILES string of the molecule is C[N-]C.C[N-]C.C[N-]CP(C)C1CCCC1F.[CH3-].[Ti+4]. The van der Waals surface area contributed by atoms with Crippen LogP contribution in [0.2, 0.25) is 0 Å². The predicted molar refractivity (Wildman–Crippen MR) is 86.4 cm³/mol. The Kier molecular flexibility index (Phi) is 31.5. The zero-order valence-electron chi connectivity index (χ0n) is 13.6. The molecule has 1 aliphatic rings. The molecule has 0 spiro atoms. The molecule has 3 nitrogen and oxygen atoms in total. The van der Waals surface area contributed by atoms with Crippen LogP contribution in [0.25, 0.3) is 16.0 Å². The van der Waals surface area contributed by atoms with E-state index >= 15 is 0 Å². The van der Waals surface area contributed by atoms with Crippen molar-refractivity contribution in [2.75, 3.05) is 48.2 Å². The van der Waals surface area contributed by atoms with E-state index in [4.69, 9.17) is 0 Å². The van der Waals surface area contributed by atoms with Crippen molar-refractivity contribution in [3.63, 3.8) is 0 Å². The zero-order chi connectivity index (χ0) is 13.7. The van der Waals surface area contributed by atoms with Gasteiger partial charge in [-0.25, -0.2) is 4.39 Å². The van der Waals surface area contributed by atoms with Gasteiger partial charge in [0.2, 0.25) is 0 Å². The Bertz CT molecular complexity index is 154. The number of nitrogens with zero attached hydrogens (tertiary/aromatic N) is 3. The standard InChI is InChI=1S/C8H16FNP.2C2H6N.CH3.Ti/c1-10-6-11(2)8-5-3-4-7(8)9;2*1-3-2;;/h7-8H,3-6H2,1-2H3;2*1-2H3;1H3;/q4*-1;+4. The van der Waals surface area contributed by atoms with Crippen LogP contribution in [-0.2, 0) is 21.7 Å². The van der Waals surface area contributed by atoms with E-state index in [1.807, 2.05) is 7.05 Å². The number of rotatable bonds is 3. The topological polar surface area (TPSA) is 42.3 Å². The molecule has 0 aromatic heterocycles. The molecule has 19 heavy (non-hydrogen) atoms. The van der Waals surface area contributed by atoms with Crippen LogP contribution in [0.4, 0.5) is 4.39 Å². The molecule has 0 amide bonds. The van der Waals surface area contributed by atoms with Crippen molar-refractivity contribution in [1.82, 2.24) is 0 Å². The summed E-state index contributed by atoms with van der Waals surface area (Å²) in [5, 5.41) is 11.1. The van der Waals surface area contributed by atoms with Crippen LogP contribution in [0, 0.1) is 7.43 Å². The Morgan fingerprint density at radius 1 is 1.05 bits per heavy atom. The normalized spacial score (nSPS) is 21.6. The van der Waals surface area contributed by atoms with Crippen molar-refractivity contribution < 1.29 is 26.1 Å². The monoisotopic (exact) mass is 327 g/mol. The van der Waals surface area contributed by atoms with Crippen molar-refractivity contribution in [2.24, 2.45) is 0 Å². The van der Waals surface area contributed by atoms with E-state index in [-0.39, 0.29) is 37.1 Å². The van der Waals surface area contributed by atoms with Crippen molar-refractivity contribution in [2.45, 2.75) is 31.1 Å². The van der Waals surface area contributed by atoms with Crippen molar-refractivity contribution in [3.05, 3.63) is 23.4 Å². The summed E-state index contributed by atoms with van der Waals surface area (Å²) >= 11 is 0. The Hall–Kier alpha value is 0.954. The molecule has 114 valence electrons. The zero-order valence-corrected chi connectivity index (χ0v) is 16.1. The minimum absolute atomic E-state index is 0. The summed E-state index contributed by atoms with van der Waals surface area (Å²) in [5.41, 5.74) is 0.355. The molecule has 0 aromatic carbocycles. The average Bonchev–Trinajstić information content (AvgIpc) is 2.67. The quantitative estimate of drug-likeness (QED) is 0.412. The van der Waals surface area contributed by atoms with Gasteiger partial charge in [-0.15, -0.1) is 14.2 Å². The van der Waals surface area contributed by atoms with E-state index in [0.29, 0.717) is 5.66 Å². The number of hydrogen-bond donors (Lipinski definition) is 0. The minimum atomic E-state index is -0.520. The average molecular weight is 327 g/mol. The van der Waals surface area contributed by atoms with E-state index < -0.39 is 6.17 Å². The molecule has 0 saturated heterocycles. The van der Waals surface area contributed by atoms with Crippen molar-refractivity contribution in [1.29, 1.82) is 0 Å².